The van der Waals surface area contributed by atoms with Crippen molar-refractivity contribution in [3.8, 4) is 5.75 Å². The van der Waals surface area contributed by atoms with Gasteiger partial charge in [0.25, 0.3) is 5.91 Å². The minimum absolute atomic E-state index is 0. The number of thiophene rings is 1. The van der Waals surface area contributed by atoms with Crippen LogP contribution in [0, 0.1) is 11.8 Å². The van der Waals surface area contributed by atoms with Crippen molar-refractivity contribution >= 4 is 29.7 Å². The number of hydrogen-bond acceptors (Lipinski definition) is 4. The molecule has 6 heteroatoms. The van der Waals surface area contributed by atoms with Crippen LogP contribution >= 0.6 is 23.7 Å². The Morgan fingerprint density at radius 1 is 1.53 bits per heavy atom. The fraction of sp³-hybridized carbons (Fsp3) is 0.545. The van der Waals surface area contributed by atoms with E-state index >= 15 is 0 Å². The first-order chi connectivity index (χ1) is 7.81. The molecule has 3 rings (SSSR count). The van der Waals surface area contributed by atoms with Crippen molar-refractivity contribution in [3.05, 3.63) is 16.3 Å². The van der Waals surface area contributed by atoms with Gasteiger partial charge >= 0.3 is 0 Å². The van der Waals surface area contributed by atoms with E-state index in [1.54, 1.807) is 7.11 Å². The average Bonchev–Trinajstić information content (AvgIpc) is 2.81. The van der Waals surface area contributed by atoms with E-state index in [0.29, 0.717) is 28.5 Å². The number of halogens is 1. The van der Waals surface area contributed by atoms with E-state index in [4.69, 9.17) is 4.74 Å². The summed E-state index contributed by atoms with van der Waals surface area (Å²) in [7, 11) is 1.59. The number of carbonyl (C=O) groups excluding carboxylic acids is 1. The second-order valence-electron chi connectivity index (χ2n) is 4.30. The molecule has 2 aliphatic rings. The number of hydrogen-bond donors (Lipinski definition) is 2. The molecule has 4 nitrogen and oxygen atoms in total. The highest BCUT2D eigenvalue weighted by Crippen LogP contribution is 2.42. The molecule has 2 N–H and O–H groups in total. The molecular formula is C11H15ClN2O2S. The fourth-order valence-corrected chi connectivity index (χ4v) is 3.23. The SMILES string of the molecule is COc1ccsc1C(=O)NC1C2CNCC21.Cl. The van der Waals surface area contributed by atoms with Crippen LogP contribution in [-0.2, 0) is 0 Å². The Hall–Kier alpha value is -0.780. The molecule has 0 aromatic carbocycles. The van der Waals surface area contributed by atoms with E-state index in [1.165, 1.54) is 11.3 Å². The zero-order valence-corrected chi connectivity index (χ0v) is 11.1. The Morgan fingerprint density at radius 3 is 2.88 bits per heavy atom. The summed E-state index contributed by atoms with van der Waals surface area (Å²) in [6.07, 6.45) is 0. The number of methoxy groups -OCH3 is 1. The molecule has 17 heavy (non-hydrogen) atoms. The summed E-state index contributed by atoms with van der Waals surface area (Å²) in [5.74, 6) is 1.97. The maximum Gasteiger partial charge on any atom is 0.265 e. The third kappa shape index (κ3) is 2.14. The van der Waals surface area contributed by atoms with Gasteiger partial charge in [0.15, 0.2) is 0 Å². The number of nitrogens with one attached hydrogen (secondary N) is 2. The lowest BCUT2D eigenvalue weighted by Gasteiger charge is -2.07. The van der Waals surface area contributed by atoms with Gasteiger partial charge in [-0.05, 0) is 23.3 Å². The molecule has 1 aliphatic heterocycles. The Balaban J connectivity index is 0.00000108. The number of fused-ring (bicyclic) bond motifs is 1. The predicted molar refractivity (Wildman–Crippen MR) is 69.2 cm³/mol. The van der Waals surface area contributed by atoms with Gasteiger partial charge in [0.1, 0.15) is 10.6 Å². The second kappa shape index (κ2) is 4.84. The number of amides is 1. The van der Waals surface area contributed by atoms with Gasteiger partial charge in [-0.1, -0.05) is 0 Å². The summed E-state index contributed by atoms with van der Waals surface area (Å²) in [6.45, 7) is 2.08. The molecular weight excluding hydrogens is 260 g/mol. The molecule has 2 fully saturated rings. The fourth-order valence-electron chi connectivity index (χ4n) is 2.47. The Kier molecular flexibility index (Phi) is 3.61. The van der Waals surface area contributed by atoms with Crippen molar-refractivity contribution in [2.45, 2.75) is 6.04 Å². The third-order valence-corrected chi connectivity index (χ3v) is 4.34. The van der Waals surface area contributed by atoms with Gasteiger partial charge < -0.3 is 15.4 Å². The summed E-state index contributed by atoms with van der Waals surface area (Å²) in [5.41, 5.74) is 0. The maximum atomic E-state index is 12.0. The van der Waals surface area contributed by atoms with Crippen LogP contribution in [0.25, 0.3) is 0 Å². The minimum Gasteiger partial charge on any atom is -0.495 e. The van der Waals surface area contributed by atoms with Gasteiger partial charge in [-0.25, -0.2) is 0 Å². The minimum atomic E-state index is 0. The Morgan fingerprint density at radius 2 is 2.24 bits per heavy atom. The lowest BCUT2D eigenvalue weighted by atomic mass is 10.3. The topological polar surface area (TPSA) is 50.4 Å². The van der Waals surface area contributed by atoms with Crippen LogP contribution < -0.4 is 15.4 Å². The van der Waals surface area contributed by atoms with Gasteiger partial charge in [-0.15, -0.1) is 23.7 Å². The normalized spacial score (nSPS) is 29.1. The number of ether oxygens (including phenoxy) is 1. The molecule has 2 atom stereocenters. The van der Waals surface area contributed by atoms with Crippen LogP contribution in [0.1, 0.15) is 9.67 Å². The van der Waals surface area contributed by atoms with Gasteiger partial charge in [-0.2, -0.15) is 0 Å². The van der Waals surface area contributed by atoms with E-state index in [2.05, 4.69) is 10.6 Å². The first kappa shape index (κ1) is 12.7. The van der Waals surface area contributed by atoms with Crippen molar-refractivity contribution in [2.24, 2.45) is 11.8 Å². The first-order valence-corrected chi connectivity index (χ1v) is 6.32. The summed E-state index contributed by atoms with van der Waals surface area (Å²) in [5, 5.41) is 8.27. The largest absolute Gasteiger partial charge is 0.495 e. The van der Waals surface area contributed by atoms with E-state index < -0.39 is 0 Å². The Labute approximate surface area is 110 Å². The highest BCUT2D eigenvalue weighted by Gasteiger charge is 2.53. The van der Waals surface area contributed by atoms with E-state index in [9.17, 15) is 4.79 Å². The van der Waals surface area contributed by atoms with Gasteiger partial charge in [-0.3, -0.25) is 4.79 Å². The van der Waals surface area contributed by atoms with Gasteiger partial charge in [0, 0.05) is 19.1 Å². The van der Waals surface area contributed by atoms with Gasteiger partial charge in [0.05, 0.1) is 7.11 Å². The molecule has 1 aromatic heterocycles. The molecule has 0 spiro atoms. The lowest BCUT2D eigenvalue weighted by molar-refractivity contribution is 0.0948. The smallest absolute Gasteiger partial charge is 0.265 e. The summed E-state index contributed by atoms with van der Waals surface area (Å²) in [4.78, 5) is 12.6. The molecule has 0 radical (unpaired) electrons. The Bertz CT molecular complexity index is 413. The van der Waals surface area contributed by atoms with Crippen molar-refractivity contribution in [2.75, 3.05) is 20.2 Å². The van der Waals surface area contributed by atoms with E-state index in [-0.39, 0.29) is 18.3 Å². The van der Waals surface area contributed by atoms with Crippen molar-refractivity contribution in [1.82, 2.24) is 10.6 Å². The summed E-state index contributed by atoms with van der Waals surface area (Å²) >= 11 is 1.43. The van der Waals surface area contributed by atoms with Crippen LogP contribution in [0.5, 0.6) is 5.75 Å². The zero-order chi connectivity index (χ0) is 11.1. The average molecular weight is 275 g/mol. The summed E-state index contributed by atoms with van der Waals surface area (Å²) < 4.78 is 5.14. The van der Waals surface area contributed by atoms with Crippen LogP contribution in [-0.4, -0.2) is 32.1 Å². The molecule has 2 unspecified atom stereocenters. The zero-order valence-electron chi connectivity index (χ0n) is 9.43. The second-order valence-corrected chi connectivity index (χ2v) is 5.22. The number of carbonyl (C=O) groups is 1. The molecule has 0 bridgehead atoms. The first-order valence-electron chi connectivity index (χ1n) is 5.44. The quantitative estimate of drug-likeness (QED) is 0.869. The summed E-state index contributed by atoms with van der Waals surface area (Å²) in [6, 6.07) is 2.20. The molecule has 1 aromatic rings. The molecule has 1 amide bonds. The highest BCUT2D eigenvalue weighted by molar-refractivity contribution is 7.12. The highest BCUT2D eigenvalue weighted by atomic mass is 35.5. The van der Waals surface area contributed by atoms with Crippen molar-refractivity contribution < 1.29 is 9.53 Å². The van der Waals surface area contributed by atoms with Crippen molar-refractivity contribution in [1.29, 1.82) is 0 Å². The standard InChI is InChI=1S/C11H14N2O2S.ClH/c1-15-8-2-3-16-10(8)11(14)13-9-6-4-12-5-7(6)9;/h2-3,6-7,9,12H,4-5H2,1H3,(H,13,14);1H. The maximum absolute atomic E-state index is 12.0. The molecule has 2 heterocycles. The number of piperidine rings is 1. The van der Waals surface area contributed by atoms with Crippen LogP contribution in [0.4, 0.5) is 0 Å². The molecule has 94 valence electrons. The van der Waals surface area contributed by atoms with Crippen LogP contribution in [0.2, 0.25) is 0 Å². The van der Waals surface area contributed by atoms with Crippen molar-refractivity contribution in [3.63, 3.8) is 0 Å². The van der Waals surface area contributed by atoms with Gasteiger partial charge in [0.2, 0.25) is 0 Å². The monoisotopic (exact) mass is 274 g/mol. The predicted octanol–water partition coefficient (Wildman–Crippen LogP) is 1.13. The molecule has 1 aliphatic carbocycles. The van der Waals surface area contributed by atoms with E-state index in [1.807, 2.05) is 11.4 Å². The van der Waals surface area contributed by atoms with Crippen LogP contribution in [0.15, 0.2) is 11.4 Å². The number of rotatable bonds is 3. The van der Waals surface area contributed by atoms with E-state index in [0.717, 1.165) is 13.1 Å². The van der Waals surface area contributed by atoms with Crippen LogP contribution in [0.3, 0.4) is 0 Å². The third-order valence-electron chi connectivity index (χ3n) is 3.44. The lowest BCUT2D eigenvalue weighted by Crippen LogP contribution is -2.32. The molecule has 1 saturated heterocycles. The molecule has 1 saturated carbocycles.